The third-order valence-corrected chi connectivity index (χ3v) is 6.45. The van der Waals surface area contributed by atoms with Crippen molar-refractivity contribution in [1.29, 1.82) is 0 Å². The van der Waals surface area contributed by atoms with Crippen molar-refractivity contribution < 1.29 is 28.6 Å². The molecule has 1 atom stereocenters. The summed E-state index contributed by atoms with van der Waals surface area (Å²) in [6.07, 6.45) is 0. The number of carbonyl (C=O) groups is 3. The summed E-state index contributed by atoms with van der Waals surface area (Å²) < 4.78 is 16.7. The Morgan fingerprint density at radius 2 is 1.76 bits per heavy atom. The molecule has 1 saturated heterocycles. The van der Waals surface area contributed by atoms with E-state index < -0.39 is 35.9 Å². The van der Waals surface area contributed by atoms with Crippen LogP contribution in [-0.2, 0) is 23.8 Å². The molecule has 0 bridgehead atoms. The minimum Gasteiger partial charge on any atom is -0.462 e. The summed E-state index contributed by atoms with van der Waals surface area (Å²) in [6, 6.07) is 14.4. The maximum Gasteiger partial charge on any atom is 0.344 e. The molecule has 1 aromatic heterocycles. The number of carbonyl (C=O) groups excluding carboxylic acids is 3. The topological polar surface area (TPSA) is 116 Å². The quantitative estimate of drug-likeness (QED) is 0.411. The van der Waals surface area contributed by atoms with Gasteiger partial charge in [0.25, 0.3) is 11.5 Å². The van der Waals surface area contributed by atoms with Gasteiger partial charge in [-0.2, -0.15) is 0 Å². The lowest BCUT2D eigenvalue weighted by Crippen LogP contribution is -2.38. The first kappa shape index (κ1) is 27.3. The normalized spacial score (nSPS) is 14.6. The molecule has 2 heterocycles. The number of hydrogen-bond donors (Lipinski definition) is 1. The first-order valence-corrected chi connectivity index (χ1v) is 12.6. The predicted octanol–water partition coefficient (Wildman–Crippen LogP) is 2.56. The van der Waals surface area contributed by atoms with E-state index in [1.165, 1.54) is 6.07 Å². The average molecular weight is 542 g/mol. The molecule has 10 nitrogen and oxygen atoms in total. The highest BCUT2D eigenvalue weighted by Crippen LogP contribution is 2.25. The Morgan fingerprint density at radius 1 is 1.05 bits per heavy atom. The lowest BCUT2D eigenvalue weighted by atomic mass is 9.97. The van der Waals surface area contributed by atoms with E-state index in [1.54, 1.807) is 55.5 Å². The van der Waals surface area contributed by atoms with E-state index in [1.807, 2.05) is 0 Å². The Kier molecular flexibility index (Phi) is 9.11. The van der Waals surface area contributed by atoms with Crippen LogP contribution in [0.5, 0.6) is 0 Å². The van der Waals surface area contributed by atoms with Crippen LogP contribution in [0.2, 0.25) is 5.02 Å². The molecule has 0 spiro atoms. The number of esters is 2. The van der Waals surface area contributed by atoms with Crippen molar-refractivity contribution in [3.05, 3.63) is 81.1 Å². The predicted molar refractivity (Wildman–Crippen MR) is 141 cm³/mol. The van der Waals surface area contributed by atoms with Crippen LogP contribution in [0.25, 0.3) is 10.9 Å². The number of ether oxygens (including phenoxy) is 3. The minimum absolute atomic E-state index is 0.191. The fourth-order valence-corrected chi connectivity index (χ4v) is 4.21. The Labute approximate surface area is 224 Å². The van der Waals surface area contributed by atoms with E-state index in [9.17, 15) is 19.2 Å². The van der Waals surface area contributed by atoms with Gasteiger partial charge in [-0.25, -0.2) is 9.47 Å². The largest absolute Gasteiger partial charge is 0.462 e. The number of amides is 1. The number of nitrogens with zero attached hydrogens (tertiary/aromatic N) is 2. The molecule has 4 rings (SSSR count). The Bertz CT molecular complexity index is 1370. The van der Waals surface area contributed by atoms with Crippen molar-refractivity contribution in [2.75, 3.05) is 51.5 Å². The third kappa shape index (κ3) is 6.77. The monoisotopic (exact) mass is 541 g/mol. The summed E-state index contributed by atoms with van der Waals surface area (Å²) in [5.41, 5.74) is 3.20. The van der Waals surface area contributed by atoms with Crippen LogP contribution in [0, 0.1) is 0 Å². The first-order chi connectivity index (χ1) is 18.3. The van der Waals surface area contributed by atoms with Gasteiger partial charge in [0.2, 0.25) is 0 Å². The van der Waals surface area contributed by atoms with Crippen molar-refractivity contribution in [2.24, 2.45) is 0 Å². The molecule has 1 N–H and O–H groups in total. The highest BCUT2D eigenvalue weighted by molar-refractivity contribution is 6.30. The van der Waals surface area contributed by atoms with Crippen molar-refractivity contribution in [3.63, 3.8) is 0 Å². The molecule has 0 aliphatic carbocycles. The second kappa shape index (κ2) is 12.7. The van der Waals surface area contributed by atoms with E-state index in [0.717, 1.165) is 17.8 Å². The number of rotatable bonds is 9. The maximum absolute atomic E-state index is 13.0. The summed E-state index contributed by atoms with van der Waals surface area (Å²) in [5, 5.41) is 1.05. The fourth-order valence-electron chi connectivity index (χ4n) is 4.08. The van der Waals surface area contributed by atoms with Crippen LogP contribution >= 0.6 is 11.6 Å². The highest BCUT2D eigenvalue weighted by Gasteiger charge is 2.23. The standard InChI is InChI=1S/C27H28ClN3O7/c1-18(27(35)38-17-25(33)37-15-12-30-10-13-36-14-11-30)22-16-24(32)31(23-5-3-2-4-21(22)23)29-26(34)19-6-8-20(28)9-7-19/h2-9,16,18H,10-15,17H2,1H3,(H,29,34). The molecule has 1 unspecified atom stereocenters. The Morgan fingerprint density at radius 3 is 2.50 bits per heavy atom. The second-order valence-electron chi connectivity index (χ2n) is 8.74. The van der Waals surface area contributed by atoms with Crippen molar-refractivity contribution >= 4 is 40.3 Å². The van der Waals surface area contributed by atoms with Gasteiger partial charge in [-0.1, -0.05) is 29.8 Å². The van der Waals surface area contributed by atoms with Crippen molar-refractivity contribution in [2.45, 2.75) is 12.8 Å². The number of fused-ring (bicyclic) bond motifs is 1. The minimum atomic E-state index is -0.852. The zero-order chi connectivity index (χ0) is 27.1. The summed E-state index contributed by atoms with van der Waals surface area (Å²) in [4.78, 5) is 52.7. The zero-order valence-electron chi connectivity index (χ0n) is 20.9. The zero-order valence-corrected chi connectivity index (χ0v) is 21.6. The smallest absolute Gasteiger partial charge is 0.344 e. The van der Waals surface area contributed by atoms with Crippen LogP contribution in [0.15, 0.2) is 59.4 Å². The second-order valence-corrected chi connectivity index (χ2v) is 9.18. The number of aromatic nitrogens is 1. The molecule has 0 saturated carbocycles. The van der Waals surface area contributed by atoms with E-state index >= 15 is 0 Å². The number of pyridine rings is 1. The van der Waals surface area contributed by atoms with Gasteiger partial charge in [0.15, 0.2) is 6.61 Å². The highest BCUT2D eigenvalue weighted by atomic mass is 35.5. The summed E-state index contributed by atoms with van der Waals surface area (Å²) in [7, 11) is 0. The van der Waals surface area contributed by atoms with E-state index in [-0.39, 0.29) is 6.61 Å². The first-order valence-electron chi connectivity index (χ1n) is 12.2. The molecule has 1 aliphatic rings. The third-order valence-electron chi connectivity index (χ3n) is 6.20. The number of para-hydroxylation sites is 1. The molecular formula is C27H28ClN3O7. The molecule has 1 amide bonds. The van der Waals surface area contributed by atoms with Crippen molar-refractivity contribution in [3.8, 4) is 0 Å². The fraction of sp³-hybridized carbons (Fsp3) is 0.333. The molecule has 11 heteroatoms. The molecule has 3 aromatic rings. The molecule has 200 valence electrons. The maximum atomic E-state index is 13.0. The number of nitrogens with one attached hydrogen (secondary N) is 1. The van der Waals surface area contributed by atoms with Crippen LogP contribution in [0.1, 0.15) is 28.8 Å². The van der Waals surface area contributed by atoms with Crippen LogP contribution < -0.4 is 11.0 Å². The summed E-state index contributed by atoms with van der Waals surface area (Å²) in [5.74, 6) is -2.68. The van der Waals surface area contributed by atoms with Crippen LogP contribution in [-0.4, -0.2) is 73.5 Å². The molecule has 1 fully saturated rings. The number of halogens is 1. The van der Waals surface area contributed by atoms with Crippen LogP contribution in [0.3, 0.4) is 0 Å². The van der Waals surface area contributed by atoms with Gasteiger partial charge in [0.05, 0.1) is 24.6 Å². The van der Waals surface area contributed by atoms with Crippen LogP contribution in [0.4, 0.5) is 0 Å². The Hall–Kier alpha value is -3.73. The van der Waals surface area contributed by atoms with Crippen molar-refractivity contribution in [1.82, 2.24) is 9.58 Å². The lowest BCUT2D eigenvalue weighted by molar-refractivity contribution is -0.159. The molecule has 38 heavy (non-hydrogen) atoms. The number of benzene rings is 2. The summed E-state index contributed by atoms with van der Waals surface area (Å²) >= 11 is 5.89. The lowest BCUT2D eigenvalue weighted by Gasteiger charge is -2.26. The van der Waals surface area contributed by atoms with Gasteiger partial charge < -0.3 is 14.2 Å². The van der Waals surface area contributed by atoms with Gasteiger partial charge in [-0.05, 0) is 42.8 Å². The molecule has 0 radical (unpaired) electrons. The number of morpholine rings is 1. The SMILES string of the molecule is CC(C(=O)OCC(=O)OCCN1CCOCC1)c1cc(=O)n(NC(=O)c2ccc(Cl)cc2)c2ccccc12. The van der Waals surface area contributed by atoms with E-state index in [2.05, 4.69) is 10.3 Å². The molecule has 2 aromatic carbocycles. The molecule has 1 aliphatic heterocycles. The van der Waals surface area contributed by atoms with Gasteiger partial charge in [0, 0.05) is 41.7 Å². The summed E-state index contributed by atoms with van der Waals surface area (Å²) in [6.45, 7) is 4.69. The van der Waals surface area contributed by atoms with E-state index in [0.29, 0.717) is 46.8 Å². The van der Waals surface area contributed by atoms with E-state index in [4.69, 9.17) is 25.8 Å². The van der Waals surface area contributed by atoms with Gasteiger partial charge >= 0.3 is 11.9 Å². The van der Waals surface area contributed by atoms with Gasteiger partial charge in [0.1, 0.15) is 6.61 Å². The van der Waals surface area contributed by atoms with Gasteiger partial charge in [-0.3, -0.25) is 24.7 Å². The number of hydrogen-bond acceptors (Lipinski definition) is 8. The van der Waals surface area contributed by atoms with Gasteiger partial charge in [-0.15, -0.1) is 0 Å². The molecular weight excluding hydrogens is 514 g/mol. The average Bonchev–Trinajstić information content (AvgIpc) is 2.93. The Balaban J connectivity index is 1.41.